The van der Waals surface area contributed by atoms with Gasteiger partial charge in [0.2, 0.25) is 0 Å². The number of hydrogen-bond acceptors (Lipinski definition) is 10. The number of carbonyl (C=O) groups excluding carboxylic acids is 3. The summed E-state index contributed by atoms with van der Waals surface area (Å²) in [6.07, 6.45) is 6.38. The Balaban J connectivity index is 0.000000202. The number of amides is 3. The number of piperidine rings is 1. The summed E-state index contributed by atoms with van der Waals surface area (Å²) < 4.78 is 8.60. The highest BCUT2D eigenvalue weighted by Crippen LogP contribution is 2.22. The molecule has 10 rings (SSSR count). The molecule has 8 aromatic rings. The van der Waals surface area contributed by atoms with Crippen LogP contribution < -0.4 is 11.1 Å². The average molecular weight is 932 g/mol. The number of carbonyl (C=O) groups is 3. The number of aromatic nitrogens is 8. The van der Waals surface area contributed by atoms with E-state index in [-0.39, 0.29) is 43.9 Å². The predicted molar refractivity (Wildman–Crippen MR) is 267 cm³/mol. The molecule has 69 heavy (non-hydrogen) atoms. The van der Waals surface area contributed by atoms with Crippen LogP contribution in [0.5, 0.6) is 0 Å². The van der Waals surface area contributed by atoms with Crippen molar-refractivity contribution in [3.8, 4) is 33.9 Å². The van der Waals surface area contributed by atoms with E-state index in [0.717, 1.165) is 53.4 Å². The Morgan fingerprint density at radius 2 is 0.942 bits per heavy atom. The summed E-state index contributed by atoms with van der Waals surface area (Å²) in [7, 11) is 0. The SMILES string of the molecule is C.C.CC(C)(C)OC(=O)N1CCN(C(=O)c2ccc(-n3cc(-c4cc5ccccc5[nH]c4=O)nn3)cc2)CC1.O=C(c1ccc(-n2cc(-c3cc4ccccc4[nH]c3=O)nn2)cc1)N1CCCCC1. The second kappa shape index (κ2) is 20.8. The average Bonchev–Trinajstić information content (AvgIpc) is 4.05. The fraction of sp³-hybridized carbons (Fsp3) is 0.288. The molecule has 0 saturated carbocycles. The molecule has 0 aliphatic carbocycles. The number of hydrogen-bond donors (Lipinski definition) is 2. The Morgan fingerprint density at radius 3 is 1.38 bits per heavy atom. The molecule has 0 radical (unpaired) electrons. The van der Waals surface area contributed by atoms with Crippen molar-refractivity contribution in [3.05, 3.63) is 153 Å². The molecule has 3 amide bonds. The van der Waals surface area contributed by atoms with Gasteiger partial charge in [0.15, 0.2) is 0 Å². The van der Waals surface area contributed by atoms with Crippen molar-refractivity contribution in [2.24, 2.45) is 0 Å². The van der Waals surface area contributed by atoms with E-state index in [4.69, 9.17) is 4.74 Å². The number of rotatable bonds is 6. The van der Waals surface area contributed by atoms with E-state index in [0.29, 0.717) is 65.5 Å². The van der Waals surface area contributed by atoms with Gasteiger partial charge < -0.3 is 29.4 Å². The maximum atomic E-state index is 13.0. The maximum absolute atomic E-state index is 13.0. The lowest BCUT2D eigenvalue weighted by Crippen LogP contribution is -2.51. The van der Waals surface area contributed by atoms with E-state index in [9.17, 15) is 24.0 Å². The first-order chi connectivity index (χ1) is 32.4. The zero-order chi connectivity index (χ0) is 46.7. The van der Waals surface area contributed by atoms with Crippen LogP contribution in [-0.4, -0.2) is 117 Å². The van der Waals surface area contributed by atoms with Gasteiger partial charge in [-0.05, 0) is 124 Å². The van der Waals surface area contributed by atoms with E-state index in [2.05, 4.69) is 30.6 Å². The van der Waals surface area contributed by atoms with E-state index < -0.39 is 5.60 Å². The molecule has 2 fully saturated rings. The van der Waals surface area contributed by atoms with Crippen LogP contribution in [0.3, 0.4) is 0 Å². The molecule has 0 atom stereocenters. The zero-order valence-electron chi connectivity index (χ0n) is 37.4. The maximum Gasteiger partial charge on any atom is 0.410 e. The molecule has 0 spiro atoms. The van der Waals surface area contributed by atoms with Gasteiger partial charge >= 0.3 is 6.09 Å². The second-order valence-corrected chi connectivity index (χ2v) is 17.5. The van der Waals surface area contributed by atoms with Gasteiger partial charge in [-0.25, -0.2) is 14.2 Å². The summed E-state index contributed by atoms with van der Waals surface area (Å²) in [5, 5.41) is 18.5. The molecule has 0 unspecified atom stereocenters. The molecule has 2 N–H and O–H groups in total. The van der Waals surface area contributed by atoms with E-state index >= 15 is 0 Å². The Morgan fingerprint density at radius 1 is 0.536 bits per heavy atom. The predicted octanol–water partition coefficient (Wildman–Crippen LogP) is 8.14. The number of para-hydroxylation sites is 2. The topological polar surface area (TPSA) is 197 Å². The number of piperazine rings is 1. The fourth-order valence-electron chi connectivity index (χ4n) is 8.10. The quantitative estimate of drug-likeness (QED) is 0.164. The molecule has 2 aliphatic heterocycles. The Kier molecular flexibility index (Phi) is 14.7. The third-order valence-electron chi connectivity index (χ3n) is 11.7. The van der Waals surface area contributed by atoms with Crippen LogP contribution in [0.2, 0.25) is 0 Å². The highest BCUT2D eigenvalue weighted by atomic mass is 16.6. The van der Waals surface area contributed by atoms with Crippen LogP contribution in [0.4, 0.5) is 4.79 Å². The zero-order valence-corrected chi connectivity index (χ0v) is 37.4. The van der Waals surface area contributed by atoms with Crippen molar-refractivity contribution in [2.45, 2.75) is 60.5 Å². The number of aromatic amines is 2. The highest BCUT2D eigenvalue weighted by Gasteiger charge is 2.28. The van der Waals surface area contributed by atoms with E-state index in [1.165, 1.54) is 6.42 Å². The molecular formula is C52H57N11O6. The van der Waals surface area contributed by atoms with Gasteiger partial charge in [0.05, 0.1) is 34.9 Å². The van der Waals surface area contributed by atoms with Crippen LogP contribution in [0.15, 0.2) is 131 Å². The van der Waals surface area contributed by atoms with Crippen LogP contribution in [-0.2, 0) is 4.74 Å². The normalized spacial score (nSPS) is 13.8. The van der Waals surface area contributed by atoms with Gasteiger partial charge in [0.1, 0.15) is 17.0 Å². The number of H-pyrrole nitrogens is 2. The number of fused-ring (bicyclic) bond motifs is 2. The van der Waals surface area contributed by atoms with E-state index in [1.54, 1.807) is 61.9 Å². The third kappa shape index (κ3) is 11.0. The summed E-state index contributed by atoms with van der Waals surface area (Å²) in [6.45, 7) is 8.87. The smallest absolute Gasteiger partial charge is 0.410 e. The number of benzene rings is 4. The highest BCUT2D eigenvalue weighted by molar-refractivity contribution is 5.95. The molecule has 4 aromatic heterocycles. The summed E-state index contributed by atoms with van der Waals surface area (Å²) >= 11 is 0. The first-order valence-corrected chi connectivity index (χ1v) is 22.2. The minimum Gasteiger partial charge on any atom is -0.444 e. The minimum absolute atomic E-state index is 0. The van der Waals surface area contributed by atoms with Gasteiger partial charge in [-0.3, -0.25) is 19.2 Å². The lowest BCUT2D eigenvalue weighted by molar-refractivity contribution is 0.0141. The van der Waals surface area contributed by atoms with Crippen LogP contribution >= 0.6 is 0 Å². The molecule has 0 bridgehead atoms. The number of nitrogens with zero attached hydrogens (tertiary/aromatic N) is 9. The van der Waals surface area contributed by atoms with Crippen LogP contribution in [0, 0.1) is 0 Å². The molecule has 2 saturated heterocycles. The largest absolute Gasteiger partial charge is 0.444 e. The third-order valence-corrected chi connectivity index (χ3v) is 11.7. The van der Waals surface area contributed by atoms with Gasteiger partial charge in [0.25, 0.3) is 22.9 Å². The first-order valence-electron chi connectivity index (χ1n) is 22.2. The van der Waals surface area contributed by atoms with Crippen molar-refractivity contribution in [3.63, 3.8) is 0 Å². The lowest BCUT2D eigenvalue weighted by atomic mass is 10.1. The molecule has 356 valence electrons. The Bertz CT molecular complexity index is 3210. The van der Waals surface area contributed by atoms with Gasteiger partial charge in [-0.2, -0.15) is 0 Å². The summed E-state index contributed by atoms with van der Waals surface area (Å²) in [5.74, 6) is -0.0272. The van der Waals surface area contributed by atoms with E-state index in [1.807, 2.05) is 105 Å². The monoisotopic (exact) mass is 931 g/mol. The van der Waals surface area contributed by atoms with Crippen LogP contribution in [0.1, 0.15) is 75.6 Å². The summed E-state index contributed by atoms with van der Waals surface area (Å²) in [4.78, 5) is 74.0. The van der Waals surface area contributed by atoms with Gasteiger partial charge in [-0.1, -0.05) is 61.7 Å². The Hall–Kier alpha value is -8.21. The van der Waals surface area contributed by atoms with Crippen molar-refractivity contribution < 1.29 is 19.1 Å². The number of likely N-dealkylation sites (tertiary alicyclic amines) is 1. The van der Waals surface area contributed by atoms with Gasteiger partial charge in [-0.15, -0.1) is 10.2 Å². The minimum atomic E-state index is -0.554. The van der Waals surface area contributed by atoms with Crippen molar-refractivity contribution in [2.75, 3.05) is 39.3 Å². The first kappa shape index (κ1) is 48.7. The number of ether oxygens (including phenoxy) is 1. The molecular weight excluding hydrogens is 875 g/mol. The summed E-state index contributed by atoms with van der Waals surface area (Å²) in [5.41, 5.74) is 5.10. The standard InChI is InChI=1S/C27H28N6O4.C23H21N5O2.2CH4/c1-27(2,3)37-26(36)32-14-12-31(13-15-32)25(35)18-8-10-20(11-9-18)33-17-23(29-30-33)21-16-19-6-4-5-7-22(19)28-24(21)34;29-22-19(14-17-6-2-3-7-20(17)24-22)21-15-28(26-25-21)18-10-8-16(9-11-18)23(30)27-12-4-1-5-13-27;;/h4-11,16-17H,12-15H2,1-3H3,(H,28,34);2-3,6-11,14-15H,1,4-5,12-13H2,(H,24,29);2*1H4. The molecule has 4 aromatic carbocycles. The molecule has 17 nitrogen and oxygen atoms in total. The molecule has 17 heteroatoms. The summed E-state index contributed by atoms with van der Waals surface area (Å²) in [6, 6.07) is 33.2. The molecule has 2 aliphatic rings. The fourth-order valence-corrected chi connectivity index (χ4v) is 8.10. The number of pyridine rings is 2. The number of nitrogens with one attached hydrogen (secondary N) is 2. The van der Waals surface area contributed by atoms with Crippen molar-refractivity contribution >= 4 is 39.7 Å². The van der Waals surface area contributed by atoms with Crippen molar-refractivity contribution in [1.82, 2.24) is 54.7 Å². The Labute approximate surface area is 399 Å². The van der Waals surface area contributed by atoms with Crippen molar-refractivity contribution in [1.29, 1.82) is 0 Å². The van der Waals surface area contributed by atoms with Gasteiger partial charge in [0, 0.05) is 61.4 Å². The lowest BCUT2D eigenvalue weighted by Gasteiger charge is -2.35. The second-order valence-electron chi connectivity index (χ2n) is 17.5. The molecule has 6 heterocycles. The van der Waals surface area contributed by atoms with Crippen LogP contribution in [0.25, 0.3) is 55.7 Å².